The second-order valence-electron chi connectivity index (χ2n) is 9.13. The molecule has 1 heterocycles. The molecular formula is C24H27NO4. The van der Waals surface area contributed by atoms with Crippen molar-refractivity contribution in [3.8, 4) is 11.1 Å². The topological polar surface area (TPSA) is 66.8 Å². The van der Waals surface area contributed by atoms with Crippen molar-refractivity contribution in [3.05, 3.63) is 59.7 Å². The molecule has 0 saturated carbocycles. The number of carboxylic acid groups (broad SMARTS) is 1. The Morgan fingerprint density at radius 1 is 1.00 bits per heavy atom. The number of carbonyl (C=O) groups excluding carboxylic acids is 1. The van der Waals surface area contributed by atoms with E-state index in [1.807, 2.05) is 45.0 Å². The van der Waals surface area contributed by atoms with E-state index in [-0.39, 0.29) is 30.4 Å². The number of fused-ring (bicyclic) bond motifs is 3. The summed E-state index contributed by atoms with van der Waals surface area (Å²) in [6.45, 7) is 6.94. The molecule has 0 bridgehead atoms. The summed E-state index contributed by atoms with van der Waals surface area (Å²) >= 11 is 0. The van der Waals surface area contributed by atoms with Gasteiger partial charge in [-0.05, 0) is 33.6 Å². The average Bonchev–Trinajstić information content (AvgIpc) is 3.27. The molecule has 0 unspecified atom stereocenters. The number of amides is 1. The summed E-state index contributed by atoms with van der Waals surface area (Å²) in [5, 5.41) is 9.59. The molecule has 1 fully saturated rings. The van der Waals surface area contributed by atoms with Crippen LogP contribution in [0.4, 0.5) is 4.79 Å². The van der Waals surface area contributed by atoms with Gasteiger partial charge in [-0.1, -0.05) is 69.3 Å². The van der Waals surface area contributed by atoms with E-state index in [2.05, 4.69) is 24.3 Å². The van der Waals surface area contributed by atoms with Gasteiger partial charge in [0.25, 0.3) is 0 Å². The van der Waals surface area contributed by atoms with E-state index in [0.717, 1.165) is 0 Å². The number of hydrogen-bond acceptors (Lipinski definition) is 3. The predicted octanol–water partition coefficient (Wildman–Crippen LogP) is 4.61. The average molecular weight is 393 g/mol. The van der Waals surface area contributed by atoms with Gasteiger partial charge in [0.15, 0.2) is 0 Å². The molecule has 0 aromatic heterocycles. The number of aliphatic carboxylic acids is 1. The van der Waals surface area contributed by atoms with Crippen molar-refractivity contribution in [2.75, 3.05) is 19.7 Å². The summed E-state index contributed by atoms with van der Waals surface area (Å²) in [7, 11) is 0. The van der Waals surface area contributed by atoms with Crippen LogP contribution in [0.1, 0.15) is 37.8 Å². The third-order valence-corrected chi connectivity index (χ3v) is 6.34. The lowest BCUT2D eigenvalue weighted by molar-refractivity contribution is -0.143. The highest BCUT2D eigenvalue weighted by Crippen LogP contribution is 2.44. The molecule has 5 heteroatoms. The Morgan fingerprint density at radius 2 is 1.55 bits per heavy atom. The maximum Gasteiger partial charge on any atom is 0.409 e. The van der Waals surface area contributed by atoms with E-state index in [1.165, 1.54) is 22.3 Å². The standard InChI is InChI=1S/C24H27NO4/c1-24(2,3)21-13-25(12-19(21)22(26)27)23(28)29-14-20-17-10-6-4-8-15(17)16-9-5-7-11-18(16)20/h4-11,19-21H,12-14H2,1-3H3,(H,26,27)/t19-,21-/m1/s1. The number of ether oxygens (including phenoxy) is 1. The number of carbonyl (C=O) groups is 2. The van der Waals surface area contributed by atoms with Crippen LogP contribution in [0.15, 0.2) is 48.5 Å². The van der Waals surface area contributed by atoms with Crippen LogP contribution in [0.5, 0.6) is 0 Å². The maximum absolute atomic E-state index is 12.8. The van der Waals surface area contributed by atoms with Crippen LogP contribution < -0.4 is 0 Å². The summed E-state index contributed by atoms with van der Waals surface area (Å²) < 4.78 is 5.71. The van der Waals surface area contributed by atoms with Gasteiger partial charge in [-0.3, -0.25) is 4.79 Å². The smallest absolute Gasteiger partial charge is 0.409 e. The Balaban J connectivity index is 1.49. The van der Waals surface area contributed by atoms with Gasteiger partial charge in [0.05, 0.1) is 5.92 Å². The summed E-state index contributed by atoms with van der Waals surface area (Å²) in [5.74, 6) is -1.50. The van der Waals surface area contributed by atoms with E-state index in [1.54, 1.807) is 4.90 Å². The van der Waals surface area contributed by atoms with Crippen molar-refractivity contribution in [2.45, 2.75) is 26.7 Å². The largest absolute Gasteiger partial charge is 0.481 e. The molecule has 1 aliphatic carbocycles. The molecular weight excluding hydrogens is 366 g/mol. The number of likely N-dealkylation sites (tertiary alicyclic amines) is 1. The molecule has 2 aromatic rings. The quantitative estimate of drug-likeness (QED) is 0.827. The highest BCUT2D eigenvalue weighted by molar-refractivity contribution is 5.79. The molecule has 1 saturated heterocycles. The van der Waals surface area contributed by atoms with Gasteiger partial charge in [-0.2, -0.15) is 0 Å². The maximum atomic E-state index is 12.8. The van der Waals surface area contributed by atoms with Crippen LogP contribution in [0, 0.1) is 17.3 Å². The van der Waals surface area contributed by atoms with Gasteiger partial charge >= 0.3 is 12.1 Å². The van der Waals surface area contributed by atoms with E-state index >= 15 is 0 Å². The second kappa shape index (κ2) is 7.21. The van der Waals surface area contributed by atoms with Crippen molar-refractivity contribution < 1.29 is 19.4 Å². The van der Waals surface area contributed by atoms with Crippen LogP contribution in [-0.4, -0.2) is 41.8 Å². The molecule has 0 radical (unpaired) electrons. The van der Waals surface area contributed by atoms with E-state index in [0.29, 0.717) is 6.54 Å². The third kappa shape index (κ3) is 3.50. The van der Waals surface area contributed by atoms with Crippen molar-refractivity contribution in [1.29, 1.82) is 0 Å². The Hall–Kier alpha value is -2.82. The molecule has 2 atom stereocenters. The first-order valence-electron chi connectivity index (χ1n) is 10.1. The molecule has 5 nitrogen and oxygen atoms in total. The number of carboxylic acids is 1. The first-order chi connectivity index (χ1) is 13.8. The molecule has 1 amide bonds. The normalized spacial score (nSPS) is 21.0. The molecule has 0 spiro atoms. The van der Waals surface area contributed by atoms with Gasteiger partial charge in [0, 0.05) is 19.0 Å². The van der Waals surface area contributed by atoms with E-state index < -0.39 is 18.0 Å². The summed E-state index contributed by atoms with van der Waals surface area (Å²) in [5.41, 5.74) is 4.51. The molecule has 4 rings (SSSR count). The zero-order valence-electron chi connectivity index (χ0n) is 17.1. The lowest BCUT2D eigenvalue weighted by Crippen LogP contribution is -2.32. The fourth-order valence-corrected chi connectivity index (χ4v) is 4.77. The van der Waals surface area contributed by atoms with Crippen molar-refractivity contribution >= 4 is 12.1 Å². The van der Waals surface area contributed by atoms with Crippen LogP contribution in [0.2, 0.25) is 0 Å². The summed E-state index contributed by atoms with van der Waals surface area (Å²) in [6.07, 6.45) is -0.426. The van der Waals surface area contributed by atoms with Crippen LogP contribution in [0.3, 0.4) is 0 Å². The van der Waals surface area contributed by atoms with Crippen molar-refractivity contribution in [3.63, 3.8) is 0 Å². The zero-order valence-corrected chi connectivity index (χ0v) is 17.1. The van der Waals surface area contributed by atoms with Gasteiger partial charge in [0.1, 0.15) is 6.61 Å². The molecule has 1 N–H and O–H groups in total. The Kier molecular flexibility index (Phi) is 4.85. The highest BCUT2D eigenvalue weighted by atomic mass is 16.6. The van der Waals surface area contributed by atoms with Crippen molar-refractivity contribution in [2.24, 2.45) is 17.3 Å². The molecule has 29 heavy (non-hydrogen) atoms. The first-order valence-corrected chi connectivity index (χ1v) is 10.1. The van der Waals surface area contributed by atoms with Gasteiger partial charge in [-0.25, -0.2) is 4.79 Å². The fraction of sp³-hybridized carbons (Fsp3) is 0.417. The highest BCUT2D eigenvalue weighted by Gasteiger charge is 2.45. The van der Waals surface area contributed by atoms with Crippen LogP contribution >= 0.6 is 0 Å². The first kappa shape index (κ1) is 19.5. The minimum atomic E-state index is -0.848. The van der Waals surface area contributed by atoms with Gasteiger partial charge in [-0.15, -0.1) is 0 Å². The van der Waals surface area contributed by atoms with E-state index in [9.17, 15) is 14.7 Å². The molecule has 2 aliphatic rings. The second-order valence-corrected chi connectivity index (χ2v) is 9.13. The minimum Gasteiger partial charge on any atom is -0.481 e. The summed E-state index contributed by atoms with van der Waals surface area (Å²) in [4.78, 5) is 26.0. The third-order valence-electron chi connectivity index (χ3n) is 6.34. The Bertz CT molecular complexity index is 900. The SMILES string of the molecule is CC(C)(C)[C@@H]1CN(C(=O)OCC2c3ccccc3-c3ccccc32)C[C@H]1C(=O)O. The Morgan fingerprint density at radius 3 is 2.03 bits per heavy atom. The van der Waals surface area contributed by atoms with Crippen LogP contribution in [0.25, 0.3) is 11.1 Å². The minimum absolute atomic E-state index is 0.00244. The van der Waals surface area contributed by atoms with Crippen molar-refractivity contribution in [1.82, 2.24) is 4.90 Å². The number of benzene rings is 2. The molecule has 1 aliphatic heterocycles. The fourth-order valence-electron chi connectivity index (χ4n) is 4.77. The summed E-state index contributed by atoms with van der Waals surface area (Å²) in [6, 6.07) is 16.4. The Labute approximate surface area is 171 Å². The number of nitrogens with zero attached hydrogens (tertiary/aromatic N) is 1. The number of hydrogen-bond donors (Lipinski definition) is 1. The van der Waals surface area contributed by atoms with Crippen LogP contribution in [-0.2, 0) is 9.53 Å². The molecule has 2 aromatic carbocycles. The van der Waals surface area contributed by atoms with Gasteiger partial charge < -0.3 is 14.7 Å². The van der Waals surface area contributed by atoms with E-state index in [4.69, 9.17) is 4.74 Å². The lowest BCUT2D eigenvalue weighted by atomic mass is 9.75. The number of rotatable bonds is 3. The molecule has 152 valence electrons. The lowest BCUT2D eigenvalue weighted by Gasteiger charge is -2.29. The van der Waals surface area contributed by atoms with Gasteiger partial charge in [0.2, 0.25) is 0 Å². The monoisotopic (exact) mass is 393 g/mol. The predicted molar refractivity (Wildman–Crippen MR) is 111 cm³/mol. The zero-order chi connectivity index (χ0) is 20.8.